The summed E-state index contributed by atoms with van der Waals surface area (Å²) in [5.41, 5.74) is 2.58. The number of para-hydroxylation sites is 1. The Morgan fingerprint density at radius 3 is 2.88 bits per heavy atom. The van der Waals surface area contributed by atoms with E-state index in [1.807, 2.05) is 48.5 Å². The van der Waals surface area contributed by atoms with Crippen LogP contribution >= 0.6 is 0 Å². The van der Waals surface area contributed by atoms with Gasteiger partial charge < -0.3 is 9.80 Å². The van der Waals surface area contributed by atoms with Gasteiger partial charge in [0.25, 0.3) is 5.91 Å². The van der Waals surface area contributed by atoms with Crippen LogP contribution in [0.25, 0.3) is 10.9 Å². The zero-order valence-corrected chi connectivity index (χ0v) is 15.5. The molecule has 7 nitrogen and oxygen atoms in total. The lowest BCUT2D eigenvalue weighted by Gasteiger charge is -2.34. The van der Waals surface area contributed by atoms with Crippen molar-refractivity contribution >= 4 is 16.8 Å². The van der Waals surface area contributed by atoms with Gasteiger partial charge in [-0.2, -0.15) is 10.2 Å². The molecule has 3 heterocycles. The average molecular weight is 352 g/mol. The molecule has 136 valence electrons. The molecule has 1 aromatic carbocycles. The van der Waals surface area contributed by atoms with E-state index >= 15 is 0 Å². The van der Waals surface area contributed by atoms with Crippen LogP contribution in [0, 0.1) is 0 Å². The highest BCUT2D eigenvalue weighted by Gasteiger charge is 2.30. The molecule has 1 aliphatic heterocycles. The first-order valence-corrected chi connectivity index (χ1v) is 8.92. The number of rotatable bonds is 4. The normalized spacial score (nSPS) is 17.1. The van der Waals surface area contributed by atoms with E-state index in [1.54, 1.807) is 4.68 Å². The van der Waals surface area contributed by atoms with Gasteiger partial charge in [-0.25, -0.2) is 0 Å². The number of hydrogen-bond acceptors (Lipinski definition) is 4. The third-order valence-corrected chi connectivity index (χ3v) is 5.04. The summed E-state index contributed by atoms with van der Waals surface area (Å²) in [5.74, 6) is -0.0101. The topological polar surface area (TPSA) is 59.2 Å². The Labute approximate surface area is 152 Å². The fourth-order valence-corrected chi connectivity index (χ4v) is 3.68. The molecule has 0 aliphatic carbocycles. The summed E-state index contributed by atoms with van der Waals surface area (Å²) in [4.78, 5) is 17.3. The van der Waals surface area contributed by atoms with E-state index in [2.05, 4.69) is 33.9 Å². The van der Waals surface area contributed by atoms with Crippen molar-refractivity contribution in [1.29, 1.82) is 0 Å². The average Bonchev–Trinajstić information content (AvgIpc) is 3.24. The SMILES string of the molecule is CN(C)CC[C@@H]1CN(C(=O)c2nn(C)c3ccccc23)Cc2ccnn21. The van der Waals surface area contributed by atoms with Crippen LogP contribution in [0.2, 0.25) is 0 Å². The van der Waals surface area contributed by atoms with E-state index in [0.29, 0.717) is 18.8 Å². The molecule has 0 saturated carbocycles. The van der Waals surface area contributed by atoms with Crippen LogP contribution in [0.4, 0.5) is 0 Å². The minimum absolute atomic E-state index is 0.0101. The number of carbonyl (C=O) groups is 1. The molecule has 2 aromatic heterocycles. The maximum Gasteiger partial charge on any atom is 0.275 e. The largest absolute Gasteiger partial charge is 0.329 e. The predicted octanol–water partition coefficient (Wildman–Crippen LogP) is 1.92. The first-order chi connectivity index (χ1) is 12.5. The number of fused-ring (bicyclic) bond motifs is 2. The summed E-state index contributed by atoms with van der Waals surface area (Å²) in [6.07, 6.45) is 2.77. The maximum atomic E-state index is 13.3. The molecule has 3 aromatic rings. The van der Waals surface area contributed by atoms with Crippen LogP contribution in [0.3, 0.4) is 0 Å². The molecule has 0 fully saturated rings. The van der Waals surface area contributed by atoms with Crippen molar-refractivity contribution in [2.75, 3.05) is 27.2 Å². The number of nitrogens with zero attached hydrogens (tertiary/aromatic N) is 6. The first-order valence-electron chi connectivity index (χ1n) is 8.92. The van der Waals surface area contributed by atoms with Gasteiger partial charge in [-0.3, -0.25) is 14.2 Å². The van der Waals surface area contributed by atoms with Gasteiger partial charge in [0.05, 0.1) is 23.8 Å². The van der Waals surface area contributed by atoms with Crippen molar-refractivity contribution in [2.45, 2.75) is 19.0 Å². The minimum atomic E-state index is -0.0101. The summed E-state index contributed by atoms with van der Waals surface area (Å²) in [7, 11) is 6.01. The van der Waals surface area contributed by atoms with Crippen molar-refractivity contribution in [3.63, 3.8) is 0 Å². The third kappa shape index (κ3) is 2.88. The Morgan fingerprint density at radius 2 is 2.08 bits per heavy atom. The lowest BCUT2D eigenvalue weighted by Crippen LogP contribution is -2.42. The van der Waals surface area contributed by atoms with Gasteiger partial charge >= 0.3 is 0 Å². The molecule has 7 heteroatoms. The highest BCUT2D eigenvalue weighted by molar-refractivity contribution is 6.04. The summed E-state index contributed by atoms with van der Waals surface area (Å²) in [5, 5.41) is 9.89. The standard InChI is InChI=1S/C19H24N6O/c1-22(2)11-9-15-13-24(12-14-8-10-20-25(14)15)19(26)18-16-6-4-5-7-17(16)23(3)21-18/h4-8,10,15H,9,11-13H2,1-3H3/t15-/m1/s1. The Kier molecular flexibility index (Phi) is 4.24. The lowest BCUT2D eigenvalue weighted by molar-refractivity contribution is 0.0655. The number of aromatic nitrogens is 4. The molecule has 0 N–H and O–H groups in total. The molecule has 0 radical (unpaired) electrons. The monoisotopic (exact) mass is 352 g/mol. The zero-order valence-electron chi connectivity index (χ0n) is 15.5. The molecular weight excluding hydrogens is 328 g/mol. The minimum Gasteiger partial charge on any atom is -0.329 e. The van der Waals surface area contributed by atoms with Crippen LogP contribution in [0.15, 0.2) is 36.5 Å². The molecule has 1 amide bonds. The molecule has 26 heavy (non-hydrogen) atoms. The highest BCUT2D eigenvalue weighted by Crippen LogP contribution is 2.26. The second-order valence-electron chi connectivity index (χ2n) is 7.19. The Balaban J connectivity index is 1.64. The number of amides is 1. The predicted molar refractivity (Wildman–Crippen MR) is 99.9 cm³/mol. The van der Waals surface area contributed by atoms with Crippen LogP contribution in [0.5, 0.6) is 0 Å². The Bertz CT molecular complexity index is 941. The van der Waals surface area contributed by atoms with Gasteiger partial charge in [-0.05, 0) is 39.2 Å². The van der Waals surface area contributed by atoms with Crippen LogP contribution < -0.4 is 0 Å². The molecule has 0 spiro atoms. The van der Waals surface area contributed by atoms with Crippen molar-refractivity contribution in [1.82, 2.24) is 29.4 Å². The number of benzene rings is 1. The van der Waals surface area contributed by atoms with E-state index < -0.39 is 0 Å². The number of aryl methyl sites for hydroxylation is 1. The van der Waals surface area contributed by atoms with E-state index in [9.17, 15) is 4.79 Å². The highest BCUT2D eigenvalue weighted by atomic mass is 16.2. The lowest BCUT2D eigenvalue weighted by atomic mass is 10.1. The first kappa shape index (κ1) is 16.8. The van der Waals surface area contributed by atoms with Crippen molar-refractivity contribution in [2.24, 2.45) is 7.05 Å². The number of hydrogen-bond donors (Lipinski definition) is 0. The summed E-state index contributed by atoms with van der Waals surface area (Å²) >= 11 is 0. The van der Waals surface area contributed by atoms with Gasteiger partial charge in [0, 0.05) is 25.2 Å². The van der Waals surface area contributed by atoms with Crippen molar-refractivity contribution < 1.29 is 4.79 Å². The molecule has 1 atom stereocenters. The van der Waals surface area contributed by atoms with Gasteiger partial charge in [0.2, 0.25) is 0 Å². The molecular formula is C19H24N6O. The summed E-state index contributed by atoms with van der Waals surface area (Å²) < 4.78 is 3.85. The van der Waals surface area contributed by atoms with Crippen LogP contribution in [0.1, 0.15) is 28.6 Å². The summed E-state index contributed by atoms with van der Waals surface area (Å²) in [6, 6.07) is 10.1. The Morgan fingerprint density at radius 1 is 1.27 bits per heavy atom. The van der Waals surface area contributed by atoms with Gasteiger partial charge in [-0.15, -0.1) is 0 Å². The molecule has 1 aliphatic rings. The molecule has 0 saturated heterocycles. The molecule has 4 rings (SSSR count). The molecule has 0 bridgehead atoms. The second kappa shape index (κ2) is 6.57. The second-order valence-corrected chi connectivity index (χ2v) is 7.19. The maximum absolute atomic E-state index is 13.3. The quantitative estimate of drug-likeness (QED) is 0.720. The van der Waals surface area contributed by atoms with Gasteiger partial charge in [0.15, 0.2) is 5.69 Å². The van der Waals surface area contributed by atoms with Crippen LogP contribution in [-0.4, -0.2) is 62.5 Å². The van der Waals surface area contributed by atoms with E-state index in [-0.39, 0.29) is 11.9 Å². The number of carbonyl (C=O) groups excluding carboxylic acids is 1. The van der Waals surface area contributed by atoms with E-state index in [0.717, 1.165) is 29.6 Å². The Hall–Kier alpha value is -2.67. The summed E-state index contributed by atoms with van der Waals surface area (Å²) in [6.45, 7) is 2.19. The fourth-order valence-electron chi connectivity index (χ4n) is 3.68. The molecule has 0 unspecified atom stereocenters. The fraction of sp³-hybridized carbons (Fsp3) is 0.421. The van der Waals surface area contributed by atoms with Crippen LogP contribution in [-0.2, 0) is 13.6 Å². The third-order valence-electron chi connectivity index (χ3n) is 5.04. The smallest absolute Gasteiger partial charge is 0.275 e. The zero-order chi connectivity index (χ0) is 18.3. The van der Waals surface area contributed by atoms with E-state index in [1.165, 1.54) is 0 Å². The van der Waals surface area contributed by atoms with Gasteiger partial charge in [0.1, 0.15) is 0 Å². The van der Waals surface area contributed by atoms with E-state index in [4.69, 9.17) is 0 Å². The van der Waals surface area contributed by atoms with Crippen molar-refractivity contribution in [3.8, 4) is 0 Å². The van der Waals surface area contributed by atoms with Crippen molar-refractivity contribution in [3.05, 3.63) is 47.9 Å². The van der Waals surface area contributed by atoms with Gasteiger partial charge in [-0.1, -0.05) is 18.2 Å².